The number of hydrogen-bond donors (Lipinski definition) is 12. The molecule has 456 valence electrons. The first kappa shape index (κ1) is 72.4. The average molecular weight is 1120 g/mol. The fourth-order valence-electron chi connectivity index (χ4n) is 9.80. The summed E-state index contributed by atoms with van der Waals surface area (Å²) in [5.74, 6) is -3.33. The Morgan fingerprint density at radius 1 is 0.519 bits per heavy atom. The fraction of sp³-hybridized carbons (Fsp3) is 0.845. The van der Waals surface area contributed by atoms with Crippen molar-refractivity contribution in [1.82, 2.24) is 37.2 Å². The molecule has 21 heteroatoms. The van der Waals surface area contributed by atoms with Crippen LogP contribution < -0.4 is 54.4 Å². The summed E-state index contributed by atoms with van der Waals surface area (Å²) >= 11 is 0. The van der Waals surface area contributed by atoms with Crippen LogP contribution in [0, 0.1) is 11.8 Å². The van der Waals surface area contributed by atoms with Crippen molar-refractivity contribution in [3.63, 3.8) is 0 Å². The van der Waals surface area contributed by atoms with Crippen molar-refractivity contribution >= 4 is 53.0 Å². The molecule has 0 aromatic heterocycles. The van der Waals surface area contributed by atoms with Crippen molar-refractivity contribution in [3.05, 3.63) is 0 Å². The van der Waals surface area contributed by atoms with Gasteiger partial charge in [0.05, 0.1) is 36.8 Å². The van der Waals surface area contributed by atoms with Gasteiger partial charge in [-0.25, -0.2) is 4.79 Å². The van der Waals surface area contributed by atoms with Crippen LogP contribution in [-0.2, 0) is 43.2 Å². The molecule has 0 spiro atoms. The second-order valence-corrected chi connectivity index (χ2v) is 22.6. The van der Waals surface area contributed by atoms with Crippen LogP contribution in [0.4, 0.5) is 0 Å². The molecular formula is C58H108N10O11. The number of hydrogen-bond acceptors (Lipinski definition) is 14. The van der Waals surface area contributed by atoms with Gasteiger partial charge in [0.15, 0.2) is 11.6 Å². The van der Waals surface area contributed by atoms with E-state index in [0.29, 0.717) is 103 Å². The van der Waals surface area contributed by atoms with E-state index < -0.39 is 35.6 Å². The third-order valence-corrected chi connectivity index (χ3v) is 15.3. The molecule has 0 aromatic rings. The number of nitrogens with one attached hydrogen (secondary N) is 7. The minimum atomic E-state index is -1.20. The maximum absolute atomic E-state index is 13.1. The lowest BCUT2D eigenvalue weighted by Crippen LogP contribution is -2.53. The van der Waals surface area contributed by atoms with Gasteiger partial charge in [-0.1, -0.05) is 89.9 Å². The SMILES string of the molecule is CN[C@@H](CCCCNC(=O)[C@@H](N)CCCCNC(=O)[C@@H](N)CCCCNC(=O)CC[C@H](NC(=O)C1CCC(CNC(=O)CCCCCCCCCCCCCCCCCCC(=O)O)CC1)C(=O)O)C(=O)CNC(C)(C)C(=O)CN. The van der Waals surface area contributed by atoms with Gasteiger partial charge in [-0.2, -0.15) is 0 Å². The van der Waals surface area contributed by atoms with E-state index in [1.807, 2.05) is 0 Å². The summed E-state index contributed by atoms with van der Waals surface area (Å²) in [6, 6.07) is -3.00. The third kappa shape index (κ3) is 37.1. The number of rotatable bonds is 51. The number of carboxylic acid groups (broad SMARTS) is 2. The van der Waals surface area contributed by atoms with Gasteiger partial charge in [0.2, 0.25) is 29.5 Å². The minimum Gasteiger partial charge on any atom is -0.481 e. The number of unbranched alkanes of at least 4 members (excludes halogenated alkanes) is 18. The molecular weight excluding hydrogens is 1010 g/mol. The van der Waals surface area contributed by atoms with Crippen LogP contribution in [0.3, 0.4) is 0 Å². The summed E-state index contributed by atoms with van der Waals surface area (Å²) in [5, 5.41) is 38.6. The summed E-state index contributed by atoms with van der Waals surface area (Å²) in [5.41, 5.74) is 16.7. The molecule has 0 heterocycles. The minimum absolute atomic E-state index is 0.0347. The maximum Gasteiger partial charge on any atom is 0.326 e. The van der Waals surface area contributed by atoms with E-state index in [0.717, 1.165) is 51.4 Å². The molecule has 4 atom stereocenters. The van der Waals surface area contributed by atoms with Crippen LogP contribution in [-0.4, -0.2) is 139 Å². The van der Waals surface area contributed by atoms with E-state index in [-0.39, 0.29) is 91.3 Å². The third-order valence-electron chi connectivity index (χ3n) is 15.3. The number of nitrogens with two attached hydrogens (primary N) is 3. The van der Waals surface area contributed by atoms with E-state index in [1.54, 1.807) is 20.9 Å². The zero-order valence-electron chi connectivity index (χ0n) is 48.8. The predicted molar refractivity (Wildman–Crippen MR) is 309 cm³/mol. The molecule has 1 rings (SSSR count). The Morgan fingerprint density at radius 2 is 0.962 bits per heavy atom. The van der Waals surface area contributed by atoms with Gasteiger partial charge in [-0.15, -0.1) is 0 Å². The lowest BCUT2D eigenvalue weighted by molar-refractivity contribution is -0.143. The highest BCUT2D eigenvalue weighted by molar-refractivity contribution is 5.91. The molecule has 0 aromatic carbocycles. The smallest absolute Gasteiger partial charge is 0.326 e. The standard InChI is InChI=1S/C58H108N10O11/c1-58(2,50(70)40-59)67-42-49(69)47(62-3)28-22-25-39-65-56(77)46(61)27-21-24-38-64-55(76)45(60)26-20-23-37-63-52(72)36-35-48(57(78)79)68-54(75)44-33-31-43(32-34-44)41-66-51(71)29-18-16-14-12-10-8-6-4-5-7-9-11-13-15-17-19-30-53(73)74/h43-48,62,67H,4-42,59-61H2,1-3H3,(H,63,72)(H,64,76)(H,65,77)(H,66,71)(H,68,75)(H,73,74)(H,78,79)/t43?,44?,45-,46-,47-,48-/m0/s1. The maximum atomic E-state index is 13.1. The Morgan fingerprint density at radius 3 is 1.42 bits per heavy atom. The van der Waals surface area contributed by atoms with Crippen molar-refractivity contribution < 1.29 is 53.4 Å². The van der Waals surface area contributed by atoms with Crippen molar-refractivity contribution in [2.75, 3.05) is 46.3 Å². The van der Waals surface area contributed by atoms with E-state index in [1.165, 1.54) is 64.2 Å². The van der Waals surface area contributed by atoms with Crippen LogP contribution in [0.15, 0.2) is 0 Å². The van der Waals surface area contributed by atoms with Crippen LogP contribution in [0.5, 0.6) is 0 Å². The number of aliphatic carboxylic acids is 2. The van der Waals surface area contributed by atoms with E-state index in [9.17, 15) is 48.3 Å². The summed E-state index contributed by atoms with van der Waals surface area (Å²) in [4.78, 5) is 110. The quantitative estimate of drug-likeness (QED) is 0.0359. The number of carbonyl (C=O) groups excluding carboxylic acids is 7. The number of carboxylic acids is 2. The predicted octanol–water partition coefficient (Wildman–Crippen LogP) is 4.93. The molecule has 0 saturated heterocycles. The lowest BCUT2D eigenvalue weighted by Gasteiger charge is -2.28. The average Bonchev–Trinajstić information content (AvgIpc) is 3.42. The highest BCUT2D eigenvalue weighted by Crippen LogP contribution is 2.29. The summed E-state index contributed by atoms with van der Waals surface area (Å²) in [6.45, 7) is 5.02. The zero-order chi connectivity index (χ0) is 58.7. The van der Waals surface area contributed by atoms with Gasteiger partial charge < -0.3 is 59.3 Å². The number of carbonyl (C=O) groups is 9. The molecule has 1 saturated carbocycles. The van der Waals surface area contributed by atoms with Crippen LogP contribution >= 0.6 is 0 Å². The summed E-state index contributed by atoms with van der Waals surface area (Å²) in [7, 11) is 1.71. The molecule has 0 unspecified atom stereocenters. The van der Waals surface area contributed by atoms with Crippen molar-refractivity contribution in [2.45, 2.75) is 255 Å². The largest absolute Gasteiger partial charge is 0.481 e. The fourth-order valence-corrected chi connectivity index (χ4v) is 9.80. The molecule has 1 fully saturated rings. The number of likely N-dealkylation sites (N-methyl/N-ethyl adjacent to an activating group) is 1. The number of Topliss-reactive ketones (excluding diaryl/α,β-unsaturated/α-hetero) is 2. The van der Waals surface area contributed by atoms with Gasteiger partial charge in [-0.05, 0) is 130 Å². The van der Waals surface area contributed by atoms with Gasteiger partial charge in [0.1, 0.15) is 6.04 Å². The number of amides is 5. The van der Waals surface area contributed by atoms with Crippen LogP contribution in [0.2, 0.25) is 0 Å². The van der Waals surface area contributed by atoms with E-state index in [2.05, 4.69) is 37.2 Å². The second-order valence-electron chi connectivity index (χ2n) is 22.6. The Balaban J connectivity index is 2.09. The van der Waals surface area contributed by atoms with Crippen molar-refractivity contribution in [2.24, 2.45) is 29.0 Å². The molecule has 5 amide bonds. The normalized spacial score (nSPS) is 16.0. The molecule has 21 nitrogen and oxygen atoms in total. The highest BCUT2D eigenvalue weighted by atomic mass is 16.4. The molecule has 0 bridgehead atoms. The topological polar surface area (TPSA) is 356 Å². The van der Waals surface area contributed by atoms with E-state index >= 15 is 0 Å². The first-order chi connectivity index (χ1) is 37.8. The Kier molecular flexibility index (Phi) is 41.3. The monoisotopic (exact) mass is 1120 g/mol. The summed E-state index contributed by atoms with van der Waals surface area (Å²) < 4.78 is 0. The second kappa shape index (κ2) is 45.1. The molecule has 0 radical (unpaired) electrons. The number of ketones is 2. The molecule has 79 heavy (non-hydrogen) atoms. The first-order valence-electron chi connectivity index (χ1n) is 30.3. The van der Waals surface area contributed by atoms with Crippen molar-refractivity contribution in [3.8, 4) is 0 Å². The highest BCUT2D eigenvalue weighted by Gasteiger charge is 2.31. The Bertz CT molecular complexity index is 1760. The van der Waals surface area contributed by atoms with Crippen LogP contribution in [0.25, 0.3) is 0 Å². The molecule has 1 aliphatic carbocycles. The summed E-state index contributed by atoms with van der Waals surface area (Å²) in [6.07, 6.45) is 27.3. The molecule has 1 aliphatic rings. The Hall–Kier alpha value is -4.57. The zero-order valence-corrected chi connectivity index (χ0v) is 48.8. The van der Waals surface area contributed by atoms with Gasteiger partial charge >= 0.3 is 11.9 Å². The van der Waals surface area contributed by atoms with E-state index in [4.69, 9.17) is 22.3 Å². The van der Waals surface area contributed by atoms with Crippen LogP contribution in [0.1, 0.15) is 226 Å². The lowest BCUT2D eigenvalue weighted by atomic mass is 9.81. The molecule has 0 aliphatic heterocycles. The molecule has 15 N–H and O–H groups in total. The first-order valence-corrected chi connectivity index (χ1v) is 30.3. The van der Waals surface area contributed by atoms with Gasteiger partial charge in [0, 0.05) is 51.4 Å². The van der Waals surface area contributed by atoms with Gasteiger partial charge in [-0.3, -0.25) is 43.7 Å². The van der Waals surface area contributed by atoms with Gasteiger partial charge in [0.25, 0.3) is 0 Å². The van der Waals surface area contributed by atoms with Crippen molar-refractivity contribution in [1.29, 1.82) is 0 Å². The Labute approximate surface area is 472 Å².